The third kappa shape index (κ3) is 6.39. The number of carbonyl (C=O) groups is 3. The smallest absolute Gasteiger partial charge is 0.328 e. The van der Waals surface area contributed by atoms with Crippen molar-refractivity contribution in [2.24, 2.45) is 5.92 Å². The summed E-state index contributed by atoms with van der Waals surface area (Å²) in [6, 6.07) is 5.25. The number of ether oxygens (including phenoxy) is 3. The molecule has 4 heterocycles. The van der Waals surface area contributed by atoms with E-state index in [4.69, 9.17) is 14.2 Å². The van der Waals surface area contributed by atoms with Crippen LogP contribution in [-0.2, 0) is 38.4 Å². The van der Waals surface area contributed by atoms with Gasteiger partial charge in [-0.25, -0.2) is 14.8 Å². The normalized spacial score (nSPS) is 18.3. The lowest BCUT2D eigenvalue weighted by Crippen LogP contribution is -2.40. The van der Waals surface area contributed by atoms with E-state index in [1.54, 1.807) is 20.2 Å². The second-order valence-electron chi connectivity index (χ2n) is 9.62. The van der Waals surface area contributed by atoms with Crippen molar-refractivity contribution in [1.29, 1.82) is 5.26 Å². The lowest BCUT2D eigenvalue weighted by molar-refractivity contribution is -0.134. The van der Waals surface area contributed by atoms with Gasteiger partial charge < -0.3 is 19.1 Å². The number of aromatic nitrogens is 2. The monoisotopic (exact) mass is 536 g/mol. The highest BCUT2D eigenvalue weighted by Crippen LogP contribution is 2.29. The molecule has 0 radical (unpaired) electrons. The fourth-order valence-corrected chi connectivity index (χ4v) is 4.89. The first-order chi connectivity index (χ1) is 18.9. The summed E-state index contributed by atoms with van der Waals surface area (Å²) in [5.41, 5.74) is 2.75. The fourth-order valence-electron chi connectivity index (χ4n) is 4.89. The number of anilines is 2. The Kier molecular flexibility index (Phi) is 9.19. The zero-order chi connectivity index (χ0) is 27.9. The molecule has 12 nitrogen and oxygen atoms in total. The third-order valence-corrected chi connectivity index (χ3v) is 7.00. The number of aryl methyl sites for hydroxylation is 1. The van der Waals surface area contributed by atoms with E-state index in [-0.39, 0.29) is 36.8 Å². The maximum Gasteiger partial charge on any atom is 0.328 e. The van der Waals surface area contributed by atoms with Crippen LogP contribution in [0.25, 0.3) is 0 Å². The van der Waals surface area contributed by atoms with Crippen molar-refractivity contribution in [3.05, 3.63) is 46.3 Å². The Morgan fingerprint density at radius 3 is 2.85 bits per heavy atom. The van der Waals surface area contributed by atoms with Crippen LogP contribution in [0.4, 0.5) is 16.4 Å². The summed E-state index contributed by atoms with van der Waals surface area (Å²) in [4.78, 5) is 49.1. The van der Waals surface area contributed by atoms with Gasteiger partial charge in [-0.3, -0.25) is 19.8 Å². The largest absolute Gasteiger partial charge is 0.379 e. The highest BCUT2D eigenvalue weighted by Gasteiger charge is 2.30. The Balaban J connectivity index is 1.53. The van der Waals surface area contributed by atoms with Crippen LogP contribution in [-0.4, -0.2) is 86.8 Å². The molecule has 206 valence electrons. The van der Waals surface area contributed by atoms with Crippen molar-refractivity contribution in [2.45, 2.75) is 31.9 Å². The molecule has 1 unspecified atom stereocenters. The number of nitrogens with one attached hydrogen (secondary N) is 1. The number of rotatable bonds is 9. The molecule has 12 heteroatoms. The zero-order valence-corrected chi connectivity index (χ0v) is 22.3. The number of amides is 3. The van der Waals surface area contributed by atoms with Gasteiger partial charge in [-0.2, -0.15) is 5.26 Å². The molecule has 0 bridgehead atoms. The molecular formula is C27H32N6O6. The van der Waals surface area contributed by atoms with Crippen molar-refractivity contribution in [3.8, 4) is 6.07 Å². The Hall–Kier alpha value is -3.92. The number of likely N-dealkylation sites (N-methyl/N-ethyl adjacent to an activating group) is 1. The maximum absolute atomic E-state index is 13.3. The molecule has 0 aliphatic carbocycles. The number of nitrogens with zero attached hydrogens (tertiary/aromatic N) is 5. The van der Waals surface area contributed by atoms with Crippen LogP contribution in [0.15, 0.2) is 18.3 Å². The minimum absolute atomic E-state index is 0.0616. The molecule has 0 aromatic carbocycles. The molecule has 2 aromatic rings. The highest BCUT2D eigenvalue weighted by atomic mass is 16.5. The van der Waals surface area contributed by atoms with Crippen molar-refractivity contribution < 1.29 is 28.6 Å². The minimum atomic E-state index is -0.442. The quantitative estimate of drug-likeness (QED) is 0.475. The van der Waals surface area contributed by atoms with Gasteiger partial charge in [0.05, 0.1) is 24.9 Å². The Morgan fingerprint density at radius 1 is 1.31 bits per heavy atom. The Morgan fingerprint density at radius 2 is 2.13 bits per heavy atom. The number of hydrogen-bond acceptors (Lipinski definition) is 9. The van der Waals surface area contributed by atoms with Gasteiger partial charge in [0.1, 0.15) is 30.0 Å². The van der Waals surface area contributed by atoms with Gasteiger partial charge in [0.2, 0.25) is 5.91 Å². The number of hydrogen-bond donors (Lipinski definition) is 1. The molecular weight excluding hydrogens is 504 g/mol. The summed E-state index contributed by atoms with van der Waals surface area (Å²) in [7, 11) is 4.71. The number of pyridine rings is 2. The van der Waals surface area contributed by atoms with E-state index in [1.807, 2.05) is 6.07 Å². The molecule has 1 fully saturated rings. The Labute approximate surface area is 226 Å². The average Bonchev–Trinajstić information content (AvgIpc) is 3.39. The van der Waals surface area contributed by atoms with E-state index in [0.717, 1.165) is 11.1 Å². The van der Waals surface area contributed by atoms with Crippen molar-refractivity contribution in [3.63, 3.8) is 0 Å². The van der Waals surface area contributed by atoms with Gasteiger partial charge in [-0.05, 0) is 42.5 Å². The summed E-state index contributed by atoms with van der Waals surface area (Å²) in [5, 5.41) is 12.4. The first kappa shape index (κ1) is 28.1. The SMILES string of the molecule is COCC(=O)N(C)Cc1cc2c(nc1C=O)N(C(=O)Nc1cc(CC3COC[C@H]3OC)c(C#N)cn1)CCC2. The zero-order valence-electron chi connectivity index (χ0n) is 22.3. The van der Waals surface area contributed by atoms with Gasteiger partial charge in [0, 0.05) is 52.0 Å². The van der Waals surface area contributed by atoms with E-state index in [9.17, 15) is 19.6 Å². The van der Waals surface area contributed by atoms with Crippen molar-refractivity contribution >= 4 is 29.9 Å². The van der Waals surface area contributed by atoms with Gasteiger partial charge >= 0.3 is 6.03 Å². The fraction of sp³-hybridized carbons (Fsp3) is 0.481. The first-order valence-corrected chi connectivity index (χ1v) is 12.7. The van der Waals surface area contributed by atoms with Crippen LogP contribution in [0.5, 0.6) is 0 Å². The van der Waals surface area contributed by atoms with E-state index in [1.165, 1.54) is 23.1 Å². The topological polar surface area (TPSA) is 147 Å². The number of methoxy groups -OCH3 is 2. The predicted molar refractivity (Wildman–Crippen MR) is 140 cm³/mol. The number of nitriles is 1. The summed E-state index contributed by atoms with van der Waals surface area (Å²) < 4.78 is 15.9. The van der Waals surface area contributed by atoms with Crippen LogP contribution < -0.4 is 10.2 Å². The number of carbonyl (C=O) groups excluding carboxylic acids is 3. The van der Waals surface area contributed by atoms with Crippen molar-refractivity contribution in [1.82, 2.24) is 14.9 Å². The summed E-state index contributed by atoms with van der Waals surface area (Å²) in [5.74, 6) is 0.571. The van der Waals surface area contributed by atoms with Crippen LogP contribution in [0.2, 0.25) is 0 Å². The highest BCUT2D eigenvalue weighted by molar-refractivity contribution is 6.01. The van der Waals surface area contributed by atoms with Gasteiger partial charge in [-0.15, -0.1) is 0 Å². The lowest BCUT2D eigenvalue weighted by Gasteiger charge is -2.29. The van der Waals surface area contributed by atoms with E-state index >= 15 is 0 Å². The molecule has 2 aliphatic heterocycles. The third-order valence-electron chi connectivity index (χ3n) is 7.00. The molecule has 2 atom stereocenters. The van der Waals surface area contributed by atoms with E-state index in [2.05, 4.69) is 21.4 Å². The van der Waals surface area contributed by atoms with Crippen molar-refractivity contribution in [2.75, 3.05) is 57.8 Å². The molecule has 4 rings (SSSR count). The second-order valence-corrected chi connectivity index (χ2v) is 9.62. The second kappa shape index (κ2) is 12.8. The van der Waals surface area contributed by atoms with Crippen LogP contribution >= 0.6 is 0 Å². The standard InChI is InChI=1S/C27H32N6O6/c1-32(25(35)16-37-2)12-19-7-17-5-4-6-33(26(17)30-22(19)13-34)27(36)31-24-9-18(21(10-28)11-29-24)8-20-14-39-15-23(20)38-3/h7,9,11,13,20,23H,4-6,8,12,14-16H2,1-3H3,(H,29,31,36)/t20?,23-/m1/s1. The van der Waals surface area contributed by atoms with Gasteiger partial charge in [-0.1, -0.05) is 0 Å². The minimum Gasteiger partial charge on any atom is -0.379 e. The summed E-state index contributed by atoms with van der Waals surface area (Å²) in [6.45, 7) is 1.57. The molecule has 39 heavy (non-hydrogen) atoms. The van der Waals surface area contributed by atoms with Crippen LogP contribution in [0.3, 0.4) is 0 Å². The average molecular weight is 537 g/mol. The molecule has 2 aliphatic rings. The molecule has 2 aromatic heterocycles. The number of urea groups is 1. The summed E-state index contributed by atoms with van der Waals surface area (Å²) >= 11 is 0. The van der Waals surface area contributed by atoms with Crippen LogP contribution in [0.1, 0.15) is 39.2 Å². The Bertz CT molecular complexity index is 1280. The molecule has 1 saturated heterocycles. The molecule has 1 N–H and O–H groups in total. The molecule has 3 amide bonds. The first-order valence-electron chi connectivity index (χ1n) is 12.7. The van der Waals surface area contributed by atoms with E-state index in [0.29, 0.717) is 68.1 Å². The number of aldehydes is 1. The van der Waals surface area contributed by atoms with Gasteiger partial charge in [0.25, 0.3) is 0 Å². The van der Waals surface area contributed by atoms with Crippen LogP contribution in [0, 0.1) is 17.2 Å². The molecule has 0 saturated carbocycles. The maximum atomic E-state index is 13.3. The van der Waals surface area contributed by atoms with E-state index < -0.39 is 6.03 Å². The predicted octanol–water partition coefficient (Wildman–Crippen LogP) is 1.95. The summed E-state index contributed by atoms with van der Waals surface area (Å²) in [6.07, 6.45) is 3.94. The number of fused-ring (bicyclic) bond motifs is 1. The molecule has 0 spiro atoms. The van der Waals surface area contributed by atoms with Gasteiger partial charge in [0.15, 0.2) is 6.29 Å². The lowest BCUT2D eigenvalue weighted by atomic mass is 9.94.